The van der Waals surface area contributed by atoms with Gasteiger partial charge in [-0.1, -0.05) is 35.9 Å². The number of ether oxygens (including phenoxy) is 1. The molecule has 0 saturated heterocycles. The van der Waals surface area contributed by atoms with Crippen molar-refractivity contribution in [3.63, 3.8) is 0 Å². The fourth-order valence-corrected chi connectivity index (χ4v) is 1.85. The van der Waals surface area contributed by atoms with Gasteiger partial charge in [0.25, 0.3) is 0 Å². The minimum Gasteiger partial charge on any atom is -0.466 e. The van der Waals surface area contributed by atoms with Gasteiger partial charge in [0, 0.05) is 0 Å². The molecule has 0 radical (unpaired) electrons. The van der Waals surface area contributed by atoms with Gasteiger partial charge in [0.05, 0.1) is 12.5 Å². The van der Waals surface area contributed by atoms with E-state index in [9.17, 15) is 4.79 Å². The van der Waals surface area contributed by atoms with Gasteiger partial charge in [-0.25, -0.2) is 0 Å². The summed E-state index contributed by atoms with van der Waals surface area (Å²) in [7, 11) is 0. The van der Waals surface area contributed by atoms with Crippen molar-refractivity contribution in [1.29, 1.82) is 0 Å². The van der Waals surface area contributed by atoms with Crippen LogP contribution in [0.3, 0.4) is 0 Å². The first-order valence-electron chi connectivity index (χ1n) is 6.44. The highest BCUT2D eigenvalue weighted by molar-refractivity contribution is 5.78. The largest absolute Gasteiger partial charge is 0.466 e. The second-order valence-electron chi connectivity index (χ2n) is 4.66. The molecule has 0 aliphatic carbocycles. The molecule has 18 heavy (non-hydrogen) atoms. The zero-order valence-corrected chi connectivity index (χ0v) is 11.7. The molecule has 2 nitrogen and oxygen atoms in total. The van der Waals surface area contributed by atoms with Crippen LogP contribution in [0.25, 0.3) is 0 Å². The lowest BCUT2D eigenvalue weighted by molar-refractivity contribution is -0.144. The van der Waals surface area contributed by atoms with Crippen molar-refractivity contribution in [1.82, 2.24) is 0 Å². The summed E-state index contributed by atoms with van der Waals surface area (Å²) in [6.07, 6.45) is 3.04. The highest BCUT2D eigenvalue weighted by Gasteiger charge is 2.18. The Morgan fingerprint density at radius 1 is 1.33 bits per heavy atom. The number of esters is 1. The first-order chi connectivity index (χ1) is 8.56. The average molecular weight is 246 g/mol. The van der Waals surface area contributed by atoms with E-state index in [0.29, 0.717) is 6.61 Å². The Morgan fingerprint density at radius 3 is 2.61 bits per heavy atom. The number of hydrogen-bond donors (Lipinski definition) is 0. The molecule has 0 bridgehead atoms. The molecular weight excluding hydrogens is 224 g/mol. The number of carbonyl (C=O) groups excluding carboxylic acids is 1. The number of benzene rings is 1. The molecule has 0 aliphatic heterocycles. The van der Waals surface area contributed by atoms with Crippen LogP contribution in [0.1, 0.15) is 44.7 Å². The molecule has 0 spiro atoms. The van der Waals surface area contributed by atoms with E-state index in [1.54, 1.807) is 0 Å². The van der Waals surface area contributed by atoms with Gasteiger partial charge < -0.3 is 4.74 Å². The van der Waals surface area contributed by atoms with Crippen LogP contribution in [0.5, 0.6) is 0 Å². The molecule has 0 amide bonds. The summed E-state index contributed by atoms with van der Waals surface area (Å²) >= 11 is 0. The first kappa shape index (κ1) is 14.5. The van der Waals surface area contributed by atoms with Crippen molar-refractivity contribution in [3.8, 4) is 0 Å². The molecule has 1 rings (SSSR count). The van der Waals surface area contributed by atoms with Gasteiger partial charge in [0.2, 0.25) is 0 Å². The minimum absolute atomic E-state index is 0.151. The fourth-order valence-electron chi connectivity index (χ4n) is 1.85. The maximum Gasteiger partial charge on any atom is 0.313 e. The normalized spacial score (nSPS) is 11.8. The molecule has 98 valence electrons. The fraction of sp³-hybridized carbons (Fsp3) is 0.438. The molecule has 2 heteroatoms. The number of rotatable bonds is 5. The lowest BCUT2D eigenvalue weighted by Gasteiger charge is -2.14. The van der Waals surface area contributed by atoms with E-state index in [0.717, 1.165) is 12.0 Å². The molecule has 0 aliphatic rings. The second-order valence-corrected chi connectivity index (χ2v) is 4.66. The van der Waals surface area contributed by atoms with E-state index in [4.69, 9.17) is 4.74 Å². The summed E-state index contributed by atoms with van der Waals surface area (Å²) in [5.74, 6) is -0.353. The van der Waals surface area contributed by atoms with Crippen LogP contribution in [0, 0.1) is 0 Å². The van der Waals surface area contributed by atoms with E-state index >= 15 is 0 Å². The van der Waals surface area contributed by atoms with Gasteiger partial charge in [-0.15, -0.1) is 0 Å². The molecule has 0 aromatic heterocycles. The molecule has 0 heterocycles. The first-order valence-corrected chi connectivity index (χ1v) is 6.44. The Bertz CT molecular complexity index is 428. The molecule has 1 atom stereocenters. The summed E-state index contributed by atoms with van der Waals surface area (Å²) < 4.78 is 5.08. The van der Waals surface area contributed by atoms with E-state index in [2.05, 4.69) is 26.0 Å². The van der Waals surface area contributed by atoms with Gasteiger partial charge in [-0.3, -0.25) is 4.79 Å². The van der Waals surface area contributed by atoms with Crippen LogP contribution in [-0.2, 0) is 16.0 Å². The van der Waals surface area contributed by atoms with Crippen molar-refractivity contribution in [2.24, 2.45) is 0 Å². The Balaban J connectivity index is 2.94. The van der Waals surface area contributed by atoms with Crippen molar-refractivity contribution in [2.75, 3.05) is 6.61 Å². The van der Waals surface area contributed by atoms with Crippen LogP contribution in [0.4, 0.5) is 0 Å². The lowest BCUT2D eigenvalue weighted by Crippen LogP contribution is -2.14. The average Bonchev–Trinajstić information content (AvgIpc) is 2.36. The predicted molar refractivity (Wildman–Crippen MR) is 74.6 cm³/mol. The summed E-state index contributed by atoms with van der Waals surface area (Å²) in [5.41, 5.74) is 3.54. The van der Waals surface area contributed by atoms with Crippen molar-refractivity contribution < 1.29 is 9.53 Å². The molecule has 0 fully saturated rings. The molecule has 0 N–H and O–H groups in total. The second kappa shape index (κ2) is 7.00. The number of allylic oxidation sites excluding steroid dienone is 2. The van der Waals surface area contributed by atoms with Crippen molar-refractivity contribution >= 4 is 5.97 Å². The smallest absolute Gasteiger partial charge is 0.313 e. The predicted octanol–water partition coefficient (Wildman–Crippen LogP) is 3.86. The van der Waals surface area contributed by atoms with Crippen LogP contribution < -0.4 is 0 Å². The van der Waals surface area contributed by atoms with E-state index in [1.165, 1.54) is 11.1 Å². The van der Waals surface area contributed by atoms with Crippen LogP contribution in [0.15, 0.2) is 35.9 Å². The monoisotopic (exact) mass is 246 g/mol. The van der Waals surface area contributed by atoms with E-state index < -0.39 is 0 Å². The standard InChI is InChI=1S/C16H22O2/c1-5-18-16(17)13(4)15-9-7-6-8-14(15)11-10-12(2)3/h6-10,13H,5,11H2,1-4H3. The third kappa shape index (κ3) is 4.02. The Morgan fingerprint density at radius 2 is 2.00 bits per heavy atom. The number of carbonyl (C=O) groups is 1. The van der Waals surface area contributed by atoms with Crippen LogP contribution >= 0.6 is 0 Å². The Hall–Kier alpha value is -1.57. The Labute approximate surface area is 110 Å². The van der Waals surface area contributed by atoms with E-state index in [1.807, 2.05) is 32.0 Å². The van der Waals surface area contributed by atoms with Gasteiger partial charge in [-0.05, 0) is 45.2 Å². The maximum absolute atomic E-state index is 11.8. The lowest BCUT2D eigenvalue weighted by atomic mass is 9.93. The molecular formula is C16H22O2. The maximum atomic E-state index is 11.8. The third-order valence-electron chi connectivity index (χ3n) is 2.89. The van der Waals surface area contributed by atoms with Gasteiger partial charge >= 0.3 is 5.97 Å². The summed E-state index contributed by atoms with van der Waals surface area (Å²) in [6, 6.07) is 8.06. The van der Waals surface area contributed by atoms with Gasteiger partial charge in [0.1, 0.15) is 0 Å². The zero-order chi connectivity index (χ0) is 13.5. The number of hydrogen-bond acceptors (Lipinski definition) is 2. The third-order valence-corrected chi connectivity index (χ3v) is 2.89. The minimum atomic E-state index is -0.202. The molecule has 1 unspecified atom stereocenters. The van der Waals surface area contributed by atoms with E-state index in [-0.39, 0.29) is 11.9 Å². The molecule has 1 aromatic rings. The van der Waals surface area contributed by atoms with Crippen LogP contribution in [-0.4, -0.2) is 12.6 Å². The molecule has 0 saturated carbocycles. The topological polar surface area (TPSA) is 26.3 Å². The van der Waals surface area contributed by atoms with Gasteiger partial charge in [-0.2, -0.15) is 0 Å². The quantitative estimate of drug-likeness (QED) is 0.582. The summed E-state index contributed by atoms with van der Waals surface area (Å²) in [4.78, 5) is 11.8. The molecule has 1 aromatic carbocycles. The van der Waals surface area contributed by atoms with Crippen LogP contribution in [0.2, 0.25) is 0 Å². The highest BCUT2D eigenvalue weighted by Crippen LogP contribution is 2.22. The SMILES string of the molecule is CCOC(=O)C(C)c1ccccc1CC=C(C)C. The van der Waals surface area contributed by atoms with Gasteiger partial charge in [0.15, 0.2) is 0 Å². The Kier molecular flexibility index (Phi) is 5.63. The van der Waals surface area contributed by atoms with Crippen molar-refractivity contribution in [3.05, 3.63) is 47.0 Å². The zero-order valence-electron chi connectivity index (χ0n) is 11.7. The summed E-state index contributed by atoms with van der Waals surface area (Å²) in [5, 5.41) is 0. The van der Waals surface area contributed by atoms with Crippen molar-refractivity contribution in [2.45, 2.75) is 40.0 Å². The summed E-state index contributed by atoms with van der Waals surface area (Å²) in [6.45, 7) is 8.33. The highest BCUT2D eigenvalue weighted by atomic mass is 16.5.